The first-order valence-electron chi connectivity index (χ1n) is 16.5. The minimum atomic E-state index is 0.702. The van der Waals surface area contributed by atoms with Crippen LogP contribution < -0.4 is 9.47 Å². The van der Waals surface area contributed by atoms with E-state index in [1.165, 1.54) is 127 Å². The highest BCUT2D eigenvalue weighted by molar-refractivity contribution is 9.11. The fourth-order valence-electron chi connectivity index (χ4n) is 5.35. The molecule has 2 aromatic heterocycles. The Bertz CT molecular complexity index is 1080. The number of hydrogen-bond donors (Lipinski definition) is 0. The SMILES string of the molecule is CCCCCCCCCCCCOc1cc2nsnc2c(-c2ccc(Br)s2)c1OCCCCCCCCCCCC. The third kappa shape index (κ3) is 12.9. The largest absolute Gasteiger partial charge is 0.490 e. The van der Waals surface area contributed by atoms with Gasteiger partial charge in [0.05, 0.1) is 34.3 Å². The van der Waals surface area contributed by atoms with Crippen LogP contribution in [0.3, 0.4) is 0 Å². The molecule has 0 aliphatic rings. The Morgan fingerprint density at radius 3 is 1.66 bits per heavy atom. The van der Waals surface area contributed by atoms with E-state index in [9.17, 15) is 0 Å². The summed E-state index contributed by atoms with van der Waals surface area (Å²) in [5, 5.41) is 0. The highest BCUT2D eigenvalue weighted by atomic mass is 79.9. The van der Waals surface area contributed by atoms with Gasteiger partial charge in [0, 0.05) is 10.9 Å². The Labute approximate surface area is 266 Å². The van der Waals surface area contributed by atoms with Crippen molar-refractivity contribution in [2.45, 2.75) is 142 Å². The molecule has 0 N–H and O–H groups in total. The van der Waals surface area contributed by atoms with Gasteiger partial charge in [0.15, 0.2) is 11.5 Å². The molecule has 4 nitrogen and oxygen atoms in total. The van der Waals surface area contributed by atoms with Gasteiger partial charge in [-0.05, 0) is 40.9 Å². The number of ether oxygens (including phenoxy) is 2. The number of fused-ring (bicyclic) bond motifs is 1. The van der Waals surface area contributed by atoms with E-state index in [4.69, 9.17) is 9.47 Å². The van der Waals surface area contributed by atoms with Gasteiger partial charge in [-0.2, -0.15) is 8.75 Å². The van der Waals surface area contributed by atoms with Crippen molar-refractivity contribution in [2.24, 2.45) is 0 Å². The monoisotopic (exact) mass is 664 g/mol. The number of unbranched alkanes of at least 4 members (excludes halogenated alkanes) is 18. The van der Waals surface area contributed by atoms with Crippen molar-refractivity contribution in [3.05, 3.63) is 22.0 Å². The van der Waals surface area contributed by atoms with E-state index in [1.807, 2.05) is 6.07 Å². The third-order valence-electron chi connectivity index (χ3n) is 7.79. The molecule has 0 bridgehead atoms. The maximum Gasteiger partial charge on any atom is 0.172 e. The highest BCUT2D eigenvalue weighted by Crippen LogP contribution is 2.46. The van der Waals surface area contributed by atoms with Crippen molar-refractivity contribution >= 4 is 50.0 Å². The lowest BCUT2D eigenvalue weighted by Gasteiger charge is -2.17. The second-order valence-corrected chi connectivity index (χ2v) is 14.4. The van der Waals surface area contributed by atoms with E-state index in [2.05, 4.69) is 50.7 Å². The summed E-state index contributed by atoms with van der Waals surface area (Å²) in [7, 11) is 0. The first-order chi connectivity index (χ1) is 20.2. The Morgan fingerprint density at radius 2 is 1.15 bits per heavy atom. The molecule has 0 unspecified atom stereocenters. The number of benzene rings is 1. The zero-order chi connectivity index (χ0) is 29.0. The molecular formula is C34H53BrN2O2S2. The van der Waals surface area contributed by atoms with Gasteiger partial charge in [0.25, 0.3) is 0 Å². The van der Waals surface area contributed by atoms with Gasteiger partial charge in [0.2, 0.25) is 0 Å². The molecule has 3 aromatic rings. The van der Waals surface area contributed by atoms with Crippen molar-refractivity contribution in [2.75, 3.05) is 13.2 Å². The molecular weight excluding hydrogens is 612 g/mol. The summed E-state index contributed by atoms with van der Waals surface area (Å²) in [6.07, 6.45) is 26.4. The van der Waals surface area contributed by atoms with Crippen LogP contribution in [0.5, 0.6) is 11.5 Å². The maximum atomic E-state index is 6.54. The van der Waals surface area contributed by atoms with Crippen molar-refractivity contribution in [1.82, 2.24) is 8.75 Å². The van der Waals surface area contributed by atoms with E-state index in [0.717, 1.165) is 49.6 Å². The summed E-state index contributed by atoms with van der Waals surface area (Å²) < 4.78 is 23.3. The highest BCUT2D eigenvalue weighted by Gasteiger charge is 2.22. The van der Waals surface area contributed by atoms with Gasteiger partial charge >= 0.3 is 0 Å². The quantitative estimate of drug-likeness (QED) is 0.0845. The number of rotatable bonds is 25. The average molecular weight is 666 g/mol. The molecule has 0 saturated heterocycles. The molecule has 230 valence electrons. The van der Waals surface area contributed by atoms with E-state index in [0.29, 0.717) is 13.2 Å². The maximum absolute atomic E-state index is 6.54. The molecule has 0 radical (unpaired) electrons. The summed E-state index contributed by atoms with van der Waals surface area (Å²) >= 11 is 6.61. The molecule has 0 aliphatic carbocycles. The molecule has 3 rings (SSSR count). The lowest BCUT2D eigenvalue weighted by molar-refractivity contribution is 0.259. The smallest absolute Gasteiger partial charge is 0.172 e. The number of hydrogen-bond acceptors (Lipinski definition) is 6. The van der Waals surface area contributed by atoms with Crippen molar-refractivity contribution in [3.63, 3.8) is 0 Å². The van der Waals surface area contributed by atoms with Gasteiger partial charge < -0.3 is 9.47 Å². The van der Waals surface area contributed by atoms with Crippen LogP contribution >= 0.6 is 39.0 Å². The van der Waals surface area contributed by atoms with E-state index < -0.39 is 0 Å². The molecule has 0 atom stereocenters. The van der Waals surface area contributed by atoms with Gasteiger partial charge in [0.1, 0.15) is 11.0 Å². The molecule has 0 amide bonds. The van der Waals surface area contributed by atoms with Crippen LogP contribution in [0.1, 0.15) is 142 Å². The summed E-state index contributed by atoms with van der Waals surface area (Å²) in [5.74, 6) is 1.65. The van der Waals surface area contributed by atoms with Crippen LogP contribution in [0.25, 0.3) is 21.5 Å². The topological polar surface area (TPSA) is 44.2 Å². The minimum absolute atomic E-state index is 0.702. The Hall–Kier alpha value is -1.18. The van der Waals surface area contributed by atoms with Crippen LogP contribution in [0.4, 0.5) is 0 Å². The lowest BCUT2D eigenvalue weighted by Crippen LogP contribution is -2.04. The molecule has 2 heterocycles. The minimum Gasteiger partial charge on any atom is -0.490 e. The van der Waals surface area contributed by atoms with Crippen LogP contribution in [0.2, 0.25) is 0 Å². The zero-order valence-corrected chi connectivity index (χ0v) is 28.9. The van der Waals surface area contributed by atoms with Gasteiger partial charge in [-0.25, -0.2) is 0 Å². The summed E-state index contributed by atoms with van der Waals surface area (Å²) in [6, 6.07) is 6.27. The normalized spacial score (nSPS) is 11.5. The molecule has 41 heavy (non-hydrogen) atoms. The summed E-state index contributed by atoms with van der Waals surface area (Å²) in [4.78, 5) is 1.14. The van der Waals surface area contributed by atoms with Gasteiger partial charge in [-0.1, -0.05) is 129 Å². The second-order valence-electron chi connectivity index (χ2n) is 11.4. The van der Waals surface area contributed by atoms with Crippen LogP contribution in [0.15, 0.2) is 22.0 Å². The molecule has 0 spiro atoms. The van der Waals surface area contributed by atoms with Crippen molar-refractivity contribution in [1.29, 1.82) is 0 Å². The molecule has 0 saturated carbocycles. The van der Waals surface area contributed by atoms with E-state index in [-0.39, 0.29) is 0 Å². The zero-order valence-electron chi connectivity index (χ0n) is 25.7. The average Bonchev–Trinajstić information content (AvgIpc) is 3.63. The second kappa shape index (κ2) is 21.5. The Morgan fingerprint density at radius 1 is 0.634 bits per heavy atom. The van der Waals surface area contributed by atoms with Crippen molar-refractivity contribution < 1.29 is 9.47 Å². The third-order valence-corrected chi connectivity index (χ3v) is 9.97. The number of aromatic nitrogens is 2. The van der Waals surface area contributed by atoms with Crippen LogP contribution in [-0.4, -0.2) is 22.0 Å². The Balaban J connectivity index is 1.51. The van der Waals surface area contributed by atoms with Crippen molar-refractivity contribution in [3.8, 4) is 21.9 Å². The first kappa shape index (κ1) is 34.3. The molecule has 7 heteroatoms. The predicted octanol–water partition coefficient (Wildman–Crippen LogP) is 12.8. The number of thiophene rings is 1. The van der Waals surface area contributed by atoms with Crippen LogP contribution in [0, 0.1) is 0 Å². The van der Waals surface area contributed by atoms with E-state index in [1.54, 1.807) is 11.3 Å². The standard InChI is InChI=1S/C34H53BrN2O2S2/c1-3-5-7-9-11-13-15-17-19-21-25-38-29-27-28-33(37-41-36-28)32(30-23-24-31(35)40-30)34(29)39-26-22-20-18-16-14-12-10-8-6-4-2/h23-24,27H,3-22,25-26H2,1-2H3. The van der Waals surface area contributed by atoms with Crippen LogP contribution in [-0.2, 0) is 0 Å². The fourth-order valence-corrected chi connectivity index (χ4v) is 7.31. The number of halogens is 1. The lowest BCUT2D eigenvalue weighted by atomic mass is 10.1. The summed E-state index contributed by atoms with van der Waals surface area (Å²) in [6.45, 7) is 5.98. The molecule has 0 aliphatic heterocycles. The predicted molar refractivity (Wildman–Crippen MR) is 183 cm³/mol. The summed E-state index contributed by atoms with van der Waals surface area (Å²) in [5.41, 5.74) is 2.82. The molecule has 1 aromatic carbocycles. The fraction of sp³-hybridized carbons (Fsp3) is 0.706. The van der Waals surface area contributed by atoms with Gasteiger partial charge in [-0.15, -0.1) is 11.3 Å². The first-order valence-corrected chi connectivity index (χ1v) is 18.9. The Kier molecular flexibility index (Phi) is 18.0. The van der Waals surface area contributed by atoms with E-state index >= 15 is 0 Å². The molecule has 0 fully saturated rings. The number of nitrogens with zero attached hydrogens (tertiary/aromatic N) is 2. The van der Waals surface area contributed by atoms with Gasteiger partial charge in [-0.3, -0.25) is 0 Å².